The summed E-state index contributed by atoms with van der Waals surface area (Å²) < 4.78 is 5.47. The van der Waals surface area contributed by atoms with Crippen LogP contribution in [0.25, 0.3) is 0 Å². The van der Waals surface area contributed by atoms with Crippen LogP contribution in [-0.4, -0.2) is 29.8 Å². The van der Waals surface area contributed by atoms with Gasteiger partial charge in [-0.2, -0.15) is 0 Å². The Morgan fingerprint density at radius 1 is 1.42 bits per heavy atom. The number of hydrogen-bond acceptors (Lipinski definition) is 3. The van der Waals surface area contributed by atoms with Gasteiger partial charge in [-0.05, 0) is 32.3 Å². The Morgan fingerprint density at radius 3 is 2.68 bits per heavy atom. The van der Waals surface area contributed by atoms with E-state index >= 15 is 0 Å². The highest BCUT2D eigenvalue weighted by Crippen LogP contribution is 2.20. The fraction of sp³-hybridized carbons (Fsp3) is 0.533. The molecule has 104 valence electrons. The van der Waals surface area contributed by atoms with E-state index in [9.17, 15) is 4.79 Å². The van der Waals surface area contributed by atoms with Crippen molar-refractivity contribution in [1.29, 1.82) is 0 Å². The summed E-state index contributed by atoms with van der Waals surface area (Å²) in [7, 11) is 0. The third-order valence-electron chi connectivity index (χ3n) is 3.61. The fourth-order valence-corrected chi connectivity index (χ4v) is 2.32. The Bertz CT molecular complexity index is 430. The molecule has 0 saturated carbocycles. The van der Waals surface area contributed by atoms with Crippen molar-refractivity contribution < 1.29 is 14.6 Å². The van der Waals surface area contributed by atoms with Crippen molar-refractivity contribution in [3.8, 4) is 0 Å². The Labute approximate surface area is 113 Å². The number of aryl methyl sites for hydroxylation is 1. The van der Waals surface area contributed by atoms with E-state index in [0.717, 1.165) is 6.42 Å². The van der Waals surface area contributed by atoms with E-state index in [1.807, 2.05) is 0 Å². The van der Waals surface area contributed by atoms with E-state index in [-0.39, 0.29) is 12.1 Å². The van der Waals surface area contributed by atoms with Gasteiger partial charge in [0, 0.05) is 12.6 Å². The first-order valence-corrected chi connectivity index (χ1v) is 6.74. The second kappa shape index (κ2) is 6.17. The van der Waals surface area contributed by atoms with Crippen molar-refractivity contribution >= 4 is 5.97 Å². The molecule has 0 bridgehead atoms. The zero-order valence-electron chi connectivity index (χ0n) is 11.4. The molecule has 2 unspecified atom stereocenters. The molecule has 4 heteroatoms. The van der Waals surface area contributed by atoms with Crippen molar-refractivity contribution in [2.24, 2.45) is 0 Å². The number of benzene rings is 1. The summed E-state index contributed by atoms with van der Waals surface area (Å²) in [5.74, 6) is -0.853. The number of hydrogen-bond donors (Lipinski definition) is 2. The topological polar surface area (TPSA) is 58.6 Å². The lowest BCUT2D eigenvalue weighted by atomic mass is 10.1. The highest BCUT2D eigenvalue weighted by Gasteiger charge is 2.30. The highest BCUT2D eigenvalue weighted by molar-refractivity contribution is 5.72. The molecule has 1 aliphatic rings. The van der Waals surface area contributed by atoms with Gasteiger partial charge in [-0.15, -0.1) is 0 Å². The third-order valence-corrected chi connectivity index (χ3v) is 3.61. The summed E-state index contributed by atoms with van der Waals surface area (Å²) in [6.07, 6.45) is 0.807. The van der Waals surface area contributed by atoms with E-state index < -0.39 is 12.1 Å². The van der Waals surface area contributed by atoms with Crippen LogP contribution in [0.1, 0.15) is 36.9 Å². The average Bonchev–Trinajstić information content (AvgIpc) is 2.86. The summed E-state index contributed by atoms with van der Waals surface area (Å²) in [5.41, 5.74) is 2.48. The van der Waals surface area contributed by atoms with Gasteiger partial charge < -0.3 is 15.2 Å². The van der Waals surface area contributed by atoms with E-state index in [2.05, 4.69) is 43.4 Å². The van der Waals surface area contributed by atoms with Gasteiger partial charge in [0.1, 0.15) is 0 Å². The number of rotatable bonds is 5. The number of ether oxygens (including phenoxy) is 1. The van der Waals surface area contributed by atoms with E-state index in [1.54, 1.807) is 0 Å². The maximum Gasteiger partial charge on any atom is 0.332 e. The molecule has 4 nitrogen and oxygen atoms in total. The standard InChI is InChI=1S/C15H21NO3/c1-10-3-5-12(6-4-10)11(2)16-9-13-7-8-14(19-13)15(17)18/h3-6,11,13-14,16H,7-9H2,1-2H3,(H,17,18)/t11-,13?,14?/m1/s1. The van der Waals surface area contributed by atoms with Gasteiger partial charge >= 0.3 is 5.97 Å². The third kappa shape index (κ3) is 3.78. The maximum atomic E-state index is 10.8. The number of carboxylic acids is 1. The molecule has 1 heterocycles. The minimum absolute atomic E-state index is 0.00833. The van der Waals surface area contributed by atoms with Crippen LogP contribution >= 0.6 is 0 Å². The largest absolute Gasteiger partial charge is 0.479 e. The van der Waals surface area contributed by atoms with Crippen molar-refractivity contribution in [3.63, 3.8) is 0 Å². The van der Waals surface area contributed by atoms with Gasteiger partial charge in [0.05, 0.1) is 6.10 Å². The molecule has 1 aromatic rings. The van der Waals surface area contributed by atoms with Gasteiger partial charge in [0.2, 0.25) is 0 Å². The Hall–Kier alpha value is -1.39. The van der Waals surface area contributed by atoms with Gasteiger partial charge in [-0.3, -0.25) is 0 Å². The van der Waals surface area contributed by atoms with Crippen LogP contribution < -0.4 is 5.32 Å². The molecule has 0 aliphatic carbocycles. The molecule has 0 spiro atoms. The van der Waals surface area contributed by atoms with Gasteiger partial charge in [-0.25, -0.2) is 4.79 Å². The average molecular weight is 263 g/mol. The first kappa shape index (κ1) is 14.0. The Balaban J connectivity index is 1.79. The van der Waals surface area contributed by atoms with Crippen LogP contribution in [0.2, 0.25) is 0 Å². The monoisotopic (exact) mass is 263 g/mol. The van der Waals surface area contributed by atoms with Gasteiger partial charge in [-0.1, -0.05) is 29.8 Å². The molecule has 3 atom stereocenters. The molecule has 19 heavy (non-hydrogen) atoms. The van der Waals surface area contributed by atoms with E-state index in [4.69, 9.17) is 9.84 Å². The number of carboxylic acid groups (broad SMARTS) is 1. The molecule has 0 radical (unpaired) electrons. The van der Waals surface area contributed by atoms with Gasteiger partial charge in [0.15, 0.2) is 6.10 Å². The van der Waals surface area contributed by atoms with Crippen LogP contribution in [0.5, 0.6) is 0 Å². The normalized spacial score (nSPS) is 24.3. The second-order valence-electron chi connectivity index (χ2n) is 5.20. The lowest BCUT2D eigenvalue weighted by Gasteiger charge is -2.18. The number of aliphatic carboxylic acids is 1. The van der Waals surface area contributed by atoms with Crippen molar-refractivity contribution in [2.75, 3.05) is 6.54 Å². The summed E-state index contributed by atoms with van der Waals surface area (Å²) in [6, 6.07) is 8.67. The van der Waals surface area contributed by atoms with Crippen molar-refractivity contribution in [1.82, 2.24) is 5.32 Å². The van der Waals surface area contributed by atoms with Crippen molar-refractivity contribution in [3.05, 3.63) is 35.4 Å². The van der Waals surface area contributed by atoms with Crippen LogP contribution in [0.3, 0.4) is 0 Å². The van der Waals surface area contributed by atoms with Crippen LogP contribution in [-0.2, 0) is 9.53 Å². The molecule has 0 amide bonds. The summed E-state index contributed by atoms with van der Waals surface area (Å²) in [5, 5.41) is 12.3. The summed E-state index contributed by atoms with van der Waals surface area (Å²) in [6.45, 7) is 4.87. The zero-order chi connectivity index (χ0) is 13.8. The van der Waals surface area contributed by atoms with Crippen LogP contribution in [0, 0.1) is 6.92 Å². The Morgan fingerprint density at radius 2 is 2.11 bits per heavy atom. The minimum atomic E-state index is -0.853. The van der Waals surface area contributed by atoms with Gasteiger partial charge in [0.25, 0.3) is 0 Å². The lowest BCUT2D eigenvalue weighted by Crippen LogP contribution is -2.30. The second-order valence-corrected chi connectivity index (χ2v) is 5.20. The molecule has 1 aromatic carbocycles. The smallest absolute Gasteiger partial charge is 0.332 e. The lowest BCUT2D eigenvalue weighted by molar-refractivity contribution is -0.149. The predicted molar refractivity (Wildman–Crippen MR) is 73.1 cm³/mol. The van der Waals surface area contributed by atoms with Crippen LogP contribution in [0.4, 0.5) is 0 Å². The first-order chi connectivity index (χ1) is 9.06. The molecule has 1 saturated heterocycles. The predicted octanol–water partition coefficient (Wildman–Crippen LogP) is 2.28. The maximum absolute atomic E-state index is 10.8. The van der Waals surface area contributed by atoms with E-state index in [0.29, 0.717) is 13.0 Å². The molecule has 2 N–H and O–H groups in total. The zero-order valence-corrected chi connectivity index (χ0v) is 11.4. The molecular weight excluding hydrogens is 242 g/mol. The van der Waals surface area contributed by atoms with Crippen LogP contribution in [0.15, 0.2) is 24.3 Å². The van der Waals surface area contributed by atoms with Crippen molar-refractivity contribution in [2.45, 2.75) is 44.9 Å². The minimum Gasteiger partial charge on any atom is -0.479 e. The summed E-state index contributed by atoms with van der Waals surface area (Å²) in [4.78, 5) is 10.8. The Kier molecular flexibility index (Phi) is 4.56. The molecular formula is C15H21NO3. The number of carbonyl (C=O) groups is 1. The quantitative estimate of drug-likeness (QED) is 0.855. The highest BCUT2D eigenvalue weighted by atomic mass is 16.5. The summed E-state index contributed by atoms with van der Waals surface area (Å²) >= 11 is 0. The molecule has 1 aliphatic heterocycles. The molecule has 0 aromatic heterocycles. The molecule has 1 fully saturated rings. The first-order valence-electron chi connectivity index (χ1n) is 6.74. The number of nitrogens with one attached hydrogen (secondary N) is 1. The molecule has 2 rings (SSSR count). The van der Waals surface area contributed by atoms with E-state index in [1.165, 1.54) is 11.1 Å². The fourth-order valence-electron chi connectivity index (χ4n) is 2.32. The SMILES string of the molecule is Cc1ccc([C@@H](C)NCC2CCC(C(=O)O)O2)cc1.